The maximum absolute atomic E-state index is 5.97. The first kappa shape index (κ1) is 14.4. The third-order valence-corrected chi connectivity index (χ3v) is 4.37. The Bertz CT molecular complexity index is 832. The predicted octanol–water partition coefficient (Wildman–Crippen LogP) is 2.59. The predicted molar refractivity (Wildman–Crippen MR) is 88.7 cm³/mol. The first-order valence-corrected chi connectivity index (χ1v) is 7.85. The van der Waals surface area contributed by atoms with Crippen LogP contribution in [0.4, 0.5) is 5.82 Å². The second-order valence-corrected chi connectivity index (χ2v) is 6.00. The Kier molecular flexibility index (Phi) is 3.63. The number of benzene rings is 1. The lowest BCUT2D eigenvalue weighted by Gasteiger charge is -2.34. The zero-order valence-electron chi connectivity index (χ0n) is 12.7. The highest BCUT2D eigenvalue weighted by molar-refractivity contribution is 6.30. The molecule has 3 heterocycles. The Hall–Kier alpha value is -2.18. The average Bonchev–Trinajstić information content (AvgIpc) is 2.97. The number of halogens is 1. The summed E-state index contributed by atoms with van der Waals surface area (Å²) in [6, 6.07) is 7.80. The molecule has 2 aromatic heterocycles. The largest absolute Gasteiger partial charge is 0.370 e. The minimum absolute atomic E-state index is 0.00250. The van der Waals surface area contributed by atoms with Gasteiger partial charge in [0.1, 0.15) is 18.2 Å². The molecule has 1 aliphatic rings. The fourth-order valence-electron chi connectivity index (χ4n) is 2.92. The number of hydrogen-bond donors (Lipinski definition) is 0. The highest BCUT2D eigenvalue weighted by Gasteiger charge is 2.24. The standard InChI is InChI=1S/C16H16ClN5O/c1-21-15-13(8-20-21)16(19-10-18-15)22-6-7-23-14(9-22)11-2-4-12(17)5-3-11/h2-5,8,10,14H,6-7,9H2,1H3/t14-/m0/s1. The van der Waals surface area contributed by atoms with Gasteiger partial charge >= 0.3 is 0 Å². The quantitative estimate of drug-likeness (QED) is 0.723. The molecule has 0 spiro atoms. The summed E-state index contributed by atoms with van der Waals surface area (Å²) >= 11 is 5.97. The first-order chi connectivity index (χ1) is 11.2. The molecule has 0 radical (unpaired) electrons. The maximum Gasteiger partial charge on any atom is 0.163 e. The highest BCUT2D eigenvalue weighted by Crippen LogP contribution is 2.29. The van der Waals surface area contributed by atoms with E-state index >= 15 is 0 Å². The van der Waals surface area contributed by atoms with Gasteiger partial charge in [0.25, 0.3) is 0 Å². The molecule has 4 rings (SSSR count). The maximum atomic E-state index is 5.97. The van der Waals surface area contributed by atoms with Crippen molar-refractivity contribution in [1.82, 2.24) is 19.7 Å². The second-order valence-electron chi connectivity index (χ2n) is 5.56. The third kappa shape index (κ3) is 2.64. The molecule has 1 aromatic carbocycles. The lowest BCUT2D eigenvalue weighted by atomic mass is 10.1. The molecule has 1 atom stereocenters. The van der Waals surface area contributed by atoms with Gasteiger partial charge in [0.05, 0.1) is 18.2 Å². The molecule has 0 unspecified atom stereocenters. The summed E-state index contributed by atoms with van der Waals surface area (Å²) in [4.78, 5) is 11.0. The summed E-state index contributed by atoms with van der Waals surface area (Å²) in [5.74, 6) is 0.908. The van der Waals surface area contributed by atoms with Gasteiger partial charge in [-0.3, -0.25) is 4.68 Å². The van der Waals surface area contributed by atoms with Gasteiger partial charge in [0.15, 0.2) is 5.65 Å². The molecular formula is C16H16ClN5O. The van der Waals surface area contributed by atoms with Gasteiger partial charge in [-0.25, -0.2) is 9.97 Å². The summed E-state index contributed by atoms with van der Waals surface area (Å²) in [5, 5.41) is 5.98. The number of nitrogens with zero attached hydrogens (tertiary/aromatic N) is 5. The van der Waals surface area contributed by atoms with Crippen LogP contribution in [0, 0.1) is 0 Å². The molecule has 0 bridgehead atoms. The van der Waals surface area contributed by atoms with Gasteiger partial charge in [-0.05, 0) is 17.7 Å². The Morgan fingerprint density at radius 2 is 2.04 bits per heavy atom. The van der Waals surface area contributed by atoms with E-state index in [1.54, 1.807) is 11.0 Å². The van der Waals surface area contributed by atoms with Crippen molar-refractivity contribution >= 4 is 28.5 Å². The monoisotopic (exact) mass is 329 g/mol. The summed E-state index contributed by atoms with van der Waals surface area (Å²) in [6.45, 7) is 2.19. The van der Waals surface area contributed by atoms with Crippen molar-refractivity contribution in [2.75, 3.05) is 24.6 Å². The zero-order valence-corrected chi connectivity index (χ0v) is 13.4. The van der Waals surface area contributed by atoms with Crippen molar-refractivity contribution in [2.24, 2.45) is 7.05 Å². The van der Waals surface area contributed by atoms with E-state index in [-0.39, 0.29) is 6.10 Å². The Morgan fingerprint density at radius 3 is 2.87 bits per heavy atom. The molecule has 1 fully saturated rings. The van der Waals surface area contributed by atoms with Crippen LogP contribution in [0.25, 0.3) is 11.0 Å². The third-order valence-electron chi connectivity index (χ3n) is 4.12. The summed E-state index contributed by atoms with van der Waals surface area (Å²) in [7, 11) is 1.88. The van der Waals surface area contributed by atoms with E-state index in [1.807, 2.05) is 37.5 Å². The Morgan fingerprint density at radius 1 is 1.22 bits per heavy atom. The molecule has 1 aliphatic heterocycles. The normalized spacial score (nSPS) is 18.5. The molecule has 3 aromatic rings. The van der Waals surface area contributed by atoms with Crippen LogP contribution in [0.2, 0.25) is 5.02 Å². The van der Waals surface area contributed by atoms with Gasteiger partial charge in [0.2, 0.25) is 0 Å². The number of anilines is 1. The fraction of sp³-hybridized carbons (Fsp3) is 0.312. The molecule has 0 saturated carbocycles. The lowest BCUT2D eigenvalue weighted by molar-refractivity contribution is 0.0396. The van der Waals surface area contributed by atoms with Crippen LogP contribution in [0.3, 0.4) is 0 Å². The molecule has 23 heavy (non-hydrogen) atoms. The minimum Gasteiger partial charge on any atom is -0.370 e. The molecule has 7 heteroatoms. The van der Waals surface area contributed by atoms with Crippen molar-refractivity contribution in [3.63, 3.8) is 0 Å². The fourth-order valence-corrected chi connectivity index (χ4v) is 3.05. The van der Waals surface area contributed by atoms with E-state index in [1.165, 1.54) is 0 Å². The van der Waals surface area contributed by atoms with Crippen LogP contribution in [0.5, 0.6) is 0 Å². The Balaban J connectivity index is 1.65. The number of aryl methyl sites for hydroxylation is 1. The number of rotatable bonds is 2. The van der Waals surface area contributed by atoms with Gasteiger partial charge in [-0.1, -0.05) is 23.7 Å². The molecular weight excluding hydrogens is 314 g/mol. The molecule has 118 valence electrons. The molecule has 6 nitrogen and oxygen atoms in total. The van der Waals surface area contributed by atoms with E-state index in [0.29, 0.717) is 6.61 Å². The van der Waals surface area contributed by atoms with Crippen LogP contribution >= 0.6 is 11.6 Å². The van der Waals surface area contributed by atoms with E-state index < -0.39 is 0 Å². The smallest absolute Gasteiger partial charge is 0.163 e. The van der Waals surface area contributed by atoms with Crippen LogP contribution in [-0.2, 0) is 11.8 Å². The van der Waals surface area contributed by atoms with Crippen LogP contribution in [0.15, 0.2) is 36.8 Å². The van der Waals surface area contributed by atoms with Crippen molar-refractivity contribution in [2.45, 2.75) is 6.10 Å². The molecule has 0 amide bonds. The average molecular weight is 330 g/mol. The van der Waals surface area contributed by atoms with Crippen molar-refractivity contribution in [3.05, 3.63) is 47.4 Å². The van der Waals surface area contributed by atoms with Gasteiger partial charge < -0.3 is 9.64 Å². The van der Waals surface area contributed by atoms with Gasteiger partial charge in [-0.2, -0.15) is 5.10 Å². The van der Waals surface area contributed by atoms with Gasteiger partial charge in [-0.15, -0.1) is 0 Å². The first-order valence-electron chi connectivity index (χ1n) is 7.47. The summed E-state index contributed by atoms with van der Waals surface area (Å²) in [5.41, 5.74) is 1.96. The summed E-state index contributed by atoms with van der Waals surface area (Å²) < 4.78 is 7.69. The van der Waals surface area contributed by atoms with Crippen LogP contribution in [0.1, 0.15) is 11.7 Å². The Labute approximate surface area is 138 Å². The topological polar surface area (TPSA) is 56.1 Å². The summed E-state index contributed by atoms with van der Waals surface area (Å²) in [6.07, 6.45) is 3.41. The van der Waals surface area contributed by atoms with Crippen molar-refractivity contribution in [1.29, 1.82) is 0 Å². The van der Waals surface area contributed by atoms with Crippen LogP contribution < -0.4 is 4.90 Å². The SMILES string of the molecule is Cn1ncc2c(N3CCO[C@H](c4ccc(Cl)cc4)C3)ncnc21. The van der Waals surface area contributed by atoms with Crippen LogP contribution in [-0.4, -0.2) is 39.4 Å². The van der Waals surface area contributed by atoms with E-state index in [2.05, 4.69) is 20.0 Å². The minimum atomic E-state index is 0.00250. The molecule has 1 saturated heterocycles. The van der Waals surface area contributed by atoms with Crippen molar-refractivity contribution < 1.29 is 4.74 Å². The molecule has 0 aliphatic carbocycles. The van der Waals surface area contributed by atoms with E-state index in [0.717, 1.165) is 40.5 Å². The number of hydrogen-bond acceptors (Lipinski definition) is 5. The lowest BCUT2D eigenvalue weighted by Crippen LogP contribution is -2.39. The number of aromatic nitrogens is 4. The number of ether oxygens (including phenoxy) is 1. The molecule has 0 N–H and O–H groups in total. The van der Waals surface area contributed by atoms with Crippen molar-refractivity contribution in [3.8, 4) is 0 Å². The van der Waals surface area contributed by atoms with E-state index in [4.69, 9.17) is 16.3 Å². The van der Waals surface area contributed by atoms with Gasteiger partial charge in [0, 0.05) is 25.2 Å². The van der Waals surface area contributed by atoms with E-state index in [9.17, 15) is 0 Å². The zero-order chi connectivity index (χ0) is 15.8. The number of fused-ring (bicyclic) bond motifs is 1. The number of morpholine rings is 1. The second kappa shape index (κ2) is 5.79. The highest BCUT2D eigenvalue weighted by atomic mass is 35.5.